The van der Waals surface area contributed by atoms with Crippen molar-refractivity contribution in [1.29, 1.82) is 0 Å². The van der Waals surface area contributed by atoms with Crippen molar-refractivity contribution in [2.24, 2.45) is 0 Å². The van der Waals surface area contributed by atoms with Crippen LogP contribution < -0.4 is 0 Å². The summed E-state index contributed by atoms with van der Waals surface area (Å²) in [4.78, 5) is 2.55. The fourth-order valence-electron chi connectivity index (χ4n) is 1.96. The molecule has 1 aromatic rings. The second-order valence-corrected chi connectivity index (χ2v) is 4.53. The van der Waals surface area contributed by atoms with Gasteiger partial charge in [0.15, 0.2) is 0 Å². The zero-order valence-corrected chi connectivity index (χ0v) is 10.8. The number of likely N-dealkylation sites (tertiary alicyclic amines) is 1. The summed E-state index contributed by atoms with van der Waals surface area (Å²) in [5.74, 6) is 0. The van der Waals surface area contributed by atoms with E-state index in [0.29, 0.717) is 0 Å². The molecule has 2 rings (SSSR count). The van der Waals surface area contributed by atoms with E-state index in [4.69, 9.17) is 0 Å². The van der Waals surface area contributed by atoms with Gasteiger partial charge in [0.25, 0.3) is 0 Å². The first-order chi connectivity index (χ1) is 7.86. The lowest BCUT2D eigenvalue weighted by atomic mass is 10.1. The van der Waals surface area contributed by atoms with Crippen molar-refractivity contribution in [3.05, 3.63) is 35.9 Å². The Morgan fingerprint density at radius 1 is 0.938 bits per heavy atom. The predicted molar refractivity (Wildman–Crippen MR) is 71.5 cm³/mol. The van der Waals surface area contributed by atoms with Crippen LogP contribution in [0, 0.1) is 0 Å². The lowest BCUT2D eigenvalue weighted by Gasteiger charge is -2.26. The van der Waals surface area contributed by atoms with Gasteiger partial charge in [-0.15, -0.1) is 0 Å². The molecule has 0 atom stereocenters. The SMILES string of the molecule is CCC.c1ccc(CN2CCCCC2)cc1. The van der Waals surface area contributed by atoms with Crippen molar-refractivity contribution < 1.29 is 0 Å². The lowest BCUT2D eigenvalue weighted by Crippen LogP contribution is -2.28. The fraction of sp³-hybridized carbons (Fsp3) is 0.600. The van der Waals surface area contributed by atoms with Crippen LogP contribution in [0.4, 0.5) is 0 Å². The van der Waals surface area contributed by atoms with Crippen LogP contribution in [0.1, 0.15) is 45.1 Å². The average molecular weight is 219 g/mol. The Balaban J connectivity index is 0.000000386. The van der Waals surface area contributed by atoms with Crippen LogP contribution in [0.5, 0.6) is 0 Å². The fourth-order valence-corrected chi connectivity index (χ4v) is 1.96. The highest BCUT2D eigenvalue weighted by atomic mass is 15.1. The maximum absolute atomic E-state index is 2.55. The Morgan fingerprint density at radius 2 is 1.50 bits per heavy atom. The number of piperidine rings is 1. The van der Waals surface area contributed by atoms with E-state index in [-0.39, 0.29) is 0 Å². The highest BCUT2D eigenvalue weighted by Gasteiger charge is 2.09. The first kappa shape index (κ1) is 13.2. The van der Waals surface area contributed by atoms with Gasteiger partial charge in [-0.3, -0.25) is 4.90 Å². The summed E-state index contributed by atoms with van der Waals surface area (Å²) in [6.07, 6.45) is 5.44. The van der Waals surface area contributed by atoms with E-state index >= 15 is 0 Å². The monoisotopic (exact) mass is 219 g/mol. The Hall–Kier alpha value is -0.820. The molecule has 1 nitrogen and oxygen atoms in total. The molecule has 0 aromatic heterocycles. The van der Waals surface area contributed by atoms with Crippen molar-refractivity contribution in [3.63, 3.8) is 0 Å². The van der Waals surface area contributed by atoms with Crippen molar-refractivity contribution in [3.8, 4) is 0 Å². The van der Waals surface area contributed by atoms with E-state index in [0.717, 1.165) is 6.54 Å². The molecule has 1 fully saturated rings. The summed E-state index contributed by atoms with van der Waals surface area (Å²) in [7, 11) is 0. The Kier molecular flexibility index (Phi) is 6.91. The van der Waals surface area contributed by atoms with E-state index in [2.05, 4.69) is 49.1 Å². The van der Waals surface area contributed by atoms with Crippen molar-refractivity contribution in [2.75, 3.05) is 13.1 Å². The summed E-state index contributed by atoms with van der Waals surface area (Å²) < 4.78 is 0. The molecule has 0 N–H and O–H groups in total. The van der Waals surface area contributed by atoms with Gasteiger partial charge in [0.1, 0.15) is 0 Å². The largest absolute Gasteiger partial charge is 0.299 e. The molecule has 1 saturated heterocycles. The van der Waals surface area contributed by atoms with Crippen LogP contribution in [0.25, 0.3) is 0 Å². The minimum atomic E-state index is 1.14. The van der Waals surface area contributed by atoms with Crippen LogP contribution in [0.2, 0.25) is 0 Å². The number of hydrogen-bond acceptors (Lipinski definition) is 1. The third-order valence-corrected chi connectivity index (χ3v) is 2.70. The van der Waals surface area contributed by atoms with Gasteiger partial charge in [0.05, 0.1) is 0 Å². The van der Waals surface area contributed by atoms with Gasteiger partial charge in [-0.2, -0.15) is 0 Å². The van der Waals surface area contributed by atoms with E-state index < -0.39 is 0 Å². The van der Waals surface area contributed by atoms with Gasteiger partial charge in [-0.05, 0) is 31.5 Å². The highest BCUT2D eigenvalue weighted by molar-refractivity contribution is 5.14. The standard InChI is InChI=1S/C12H17N.C3H8/c1-3-7-12(8-4-1)11-13-9-5-2-6-10-13;1-3-2/h1,3-4,7-8H,2,5-6,9-11H2;3H2,1-2H3. The van der Waals surface area contributed by atoms with Crippen LogP contribution in [-0.2, 0) is 6.54 Å². The molecular formula is C15H25N. The maximum Gasteiger partial charge on any atom is 0.0233 e. The molecule has 1 aromatic carbocycles. The molecule has 0 aliphatic carbocycles. The molecule has 16 heavy (non-hydrogen) atoms. The molecule has 0 unspecified atom stereocenters. The predicted octanol–water partition coefficient (Wildman–Crippen LogP) is 4.09. The number of benzene rings is 1. The molecule has 1 heterocycles. The highest BCUT2D eigenvalue weighted by Crippen LogP contribution is 2.12. The third-order valence-electron chi connectivity index (χ3n) is 2.70. The quantitative estimate of drug-likeness (QED) is 0.724. The topological polar surface area (TPSA) is 3.24 Å². The van der Waals surface area contributed by atoms with E-state index in [1.807, 2.05) is 0 Å². The average Bonchev–Trinajstić information content (AvgIpc) is 2.33. The Bertz CT molecular complexity index is 249. The second kappa shape index (κ2) is 8.35. The van der Waals surface area contributed by atoms with E-state index in [9.17, 15) is 0 Å². The van der Waals surface area contributed by atoms with Gasteiger partial charge in [-0.25, -0.2) is 0 Å². The molecule has 0 radical (unpaired) electrons. The molecule has 1 aliphatic heterocycles. The number of hydrogen-bond donors (Lipinski definition) is 0. The van der Waals surface area contributed by atoms with Crippen molar-refractivity contribution >= 4 is 0 Å². The summed E-state index contributed by atoms with van der Waals surface area (Å²) in [6, 6.07) is 10.8. The third kappa shape index (κ3) is 5.32. The number of nitrogens with zero attached hydrogens (tertiary/aromatic N) is 1. The maximum atomic E-state index is 2.55. The Labute approximate surface area is 100 Å². The molecule has 0 amide bonds. The molecule has 1 heteroatoms. The number of rotatable bonds is 2. The normalized spacial score (nSPS) is 16.4. The van der Waals surface area contributed by atoms with Crippen LogP contribution in [-0.4, -0.2) is 18.0 Å². The summed E-state index contributed by atoms with van der Waals surface area (Å²) in [5.41, 5.74) is 1.45. The smallest absolute Gasteiger partial charge is 0.0233 e. The van der Waals surface area contributed by atoms with Gasteiger partial charge >= 0.3 is 0 Å². The van der Waals surface area contributed by atoms with Gasteiger partial charge in [0, 0.05) is 6.54 Å². The van der Waals surface area contributed by atoms with Gasteiger partial charge in [-0.1, -0.05) is 57.0 Å². The van der Waals surface area contributed by atoms with Gasteiger partial charge in [0.2, 0.25) is 0 Å². The molecule has 0 saturated carbocycles. The van der Waals surface area contributed by atoms with Crippen LogP contribution >= 0.6 is 0 Å². The van der Waals surface area contributed by atoms with E-state index in [1.165, 1.54) is 44.3 Å². The minimum Gasteiger partial charge on any atom is -0.299 e. The molecule has 0 bridgehead atoms. The van der Waals surface area contributed by atoms with Crippen LogP contribution in [0.15, 0.2) is 30.3 Å². The van der Waals surface area contributed by atoms with Crippen molar-refractivity contribution in [2.45, 2.75) is 46.1 Å². The zero-order chi connectivity index (χ0) is 11.6. The Morgan fingerprint density at radius 3 is 2.06 bits per heavy atom. The first-order valence-electron chi connectivity index (χ1n) is 6.63. The minimum absolute atomic E-state index is 1.14. The van der Waals surface area contributed by atoms with Crippen molar-refractivity contribution in [1.82, 2.24) is 4.90 Å². The van der Waals surface area contributed by atoms with Gasteiger partial charge < -0.3 is 0 Å². The molecule has 90 valence electrons. The second-order valence-electron chi connectivity index (χ2n) is 4.53. The lowest BCUT2D eigenvalue weighted by molar-refractivity contribution is 0.221. The summed E-state index contributed by atoms with van der Waals surface area (Å²) in [6.45, 7) is 7.96. The van der Waals surface area contributed by atoms with E-state index in [1.54, 1.807) is 0 Å². The first-order valence-corrected chi connectivity index (χ1v) is 6.63. The summed E-state index contributed by atoms with van der Waals surface area (Å²) in [5, 5.41) is 0. The summed E-state index contributed by atoms with van der Waals surface area (Å²) >= 11 is 0. The molecule has 0 spiro atoms. The molecular weight excluding hydrogens is 194 g/mol. The molecule has 1 aliphatic rings. The van der Waals surface area contributed by atoms with Crippen LogP contribution in [0.3, 0.4) is 0 Å². The zero-order valence-electron chi connectivity index (χ0n) is 10.8.